The Hall–Kier alpha value is -0.860. The van der Waals surface area contributed by atoms with Crippen LogP contribution in [-0.2, 0) is 6.42 Å². The molecular weight excluding hydrogens is 290 g/mol. The maximum Gasteiger partial charge on any atom is 0.334 e. The Labute approximate surface area is 121 Å². The van der Waals surface area contributed by atoms with Crippen molar-refractivity contribution in [1.29, 1.82) is 0 Å². The molecule has 6 nitrogen and oxygen atoms in total. The molecule has 1 saturated heterocycles. The van der Waals surface area contributed by atoms with Crippen LogP contribution in [0.3, 0.4) is 0 Å². The van der Waals surface area contributed by atoms with Crippen LogP contribution in [0.2, 0.25) is 0 Å². The third kappa shape index (κ3) is 5.64. The number of nitrogens with one attached hydrogen (secondary N) is 1. The van der Waals surface area contributed by atoms with Crippen molar-refractivity contribution in [2.75, 3.05) is 39.3 Å². The number of halogens is 3. The van der Waals surface area contributed by atoms with Crippen molar-refractivity contribution in [3.05, 3.63) is 5.82 Å². The molecule has 1 aromatic heterocycles. The topological polar surface area (TPSA) is 60.9 Å². The maximum absolute atomic E-state index is 12.7. The molecule has 0 radical (unpaired) electrons. The van der Waals surface area contributed by atoms with Gasteiger partial charge in [-0.25, -0.2) is 0 Å². The van der Waals surface area contributed by atoms with Crippen molar-refractivity contribution in [2.24, 2.45) is 0 Å². The fraction of sp³-hybridized carbons (Fsp3) is 0.909. The zero-order chi connectivity index (χ0) is 14.4. The molecule has 1 fully saturated rings. The Kier molecular flexibility index (Phi) is 5.62. The van der Waals surface area contributed by atoms with Gasteiger partial charge in [0, 0.05) is 32.6 Å². The Morgan fingerprint density at radius 3 is 2.45 bits per heavy atom. The number of hydrogen-bond acceptors (Lipinski definition) is 5. The summed E-state index contributed by atoms with van der Waals surface area (Å²) in [6.45, 7) is 3.54. The zero-order valence-electron chi connectivity index (χ0n) is 11.2. The van der Waals surface area contributed by atoms with E-state index in [0.717, 1.165) is 44.7 Å². The van der Waals surface area contributed by atoms with Gasteiger partial charge in [0.25, 0.3) is 0 Å². The van der Waals surface area contributed by atoms with Crippen LogP contribution in [-0.4, -0.2) is 75.1 Å². The summed E-state index contributed by atoms with van der Waals surface area (Å²) < 4.78 is 25.4. The number of aromatic nitrogens is 4. The largest absolute Gasteiger partial charge is 0.334 e. The van der Waals surface area contributed by atoms with E-state index in [4.69, 9.17) is 11.6 Å². The first-order chi connectivity index (χ1) is 9.53. The molecule has 0 atom stereocenters. The number of hydrogen-bond donors (Lipinski definition) is 1. The van der Waals surface area contributed by atoms with Gasteiger partial charge in [0.2, 0.25) is 0 Å². The van der Waals surface area contributed by atoms with Crippen LogP contribution in [0.5, 0.6) is 0 Å². The molecule has 0 unspecified atom stereocenters. The highest BCUT2D eigenvalue weighted by molar-refractivity contribution is 6.21. The van der Waals surface area contributed by atoms with Crippen molar-refractivity contribution in [1.82, 2.24) is 30.4 Å². The summed E-state index contributed by atoms with van der Waals surface area (Å²) in [5.74, 6) is 0.735. The van der Waals surface area contributed by atoms with Crippen LogP contribution in [0.4, 0.5) is 8.78 Å². The molecule has 2 rings (SSSR count). The fourth-order valence-electron chi connectivity index (χ4n) is 2.33. The second-order valence-corrected chi connectivity index (χ2v) is 5.57. The molecule has 0 aromatic carbocycles. The number of piperazine rings is 1. The zero-order valence-corrected chi connectivity index (χ0v) is 12.0. The maximum atomic E-state index is 12.7. The van der Waals surface area contributed by atoms with Crippen LogP contribution < -0.4 is 0 Å². The second kappa shape index (κ2) is 7.24. The lowest BCUT2D eigenvalue weighted by atomic mass is 10.2. The molecule has 0 spiro atoms. The standard InChI is InChI=1S/C11H19ClF2N6/c12-11(13,14)9-20-7-5-19(6-8-20)4-2-1-3-10-15-17-18-16-10/h1-9H2,(H,15,16,17,18). The van der Waals surface area contributed by atoms with Crippen LogP contribution in [0.25, 0.3) is 0 Å². The van der Waals surface area contributed by atoms with Crippen LogP contribution >= 0.6 is 11.6 Å². The Morgan fingerprint density at radius 1 is 1.15 bits per heavy atom. The quantitative estimate of drug-likeness (QED) is 0.601. The molecule has 1 aliphatic heterocycles. The van der Waals surface area contributed by atoms with Gasteiger partial charge in [-0.3, -0.25) is 4.90 Å². The third-order valence-corrected chi connectivity index (χ3v) is 3.50. The summed E-state index contributed by atoms with van der Waals surface area (Å²) in [7, 11) is 0. The first-order valence-corrected chi connectivity index (χ1v) is 7.14. The van der Waals surface area contributed by atoms with Gasteiger partial charge < -0.3 is 4.90 Å². The number of rotatable bonds is 7. The molecule has 114 valence electrons. The van der Waals surface area contributed by atoms with Gasteiger partial charge in [-0.15, -0.1) is 10.2 Å². The number of tetrazole rings is 1. The minimum atomic E-state index is -3.12. The van der Waals surface area contributed by atoms with Crippen molar-refractivity contribution in [3.8, 4) is 0 Å². The van der Waals surface area contributed by atoms with Crippen LogP contribution in [0, 0.1) is 0 Å². The van der Waals surface area contributed by atoms with E-state index >= 15 is 0 Å². The second-order valence-electron chi connectivity index (χ2n) is 5.02. The molecule has 2 heterocycles. The summed E-state index contributed by atoms with van der Waals surface area (Å²) in [5.41, 5.74) is 0. The van der Waals surface area contributed by atoms with Crippen LogP contribution in [0.1, 0.15) is 18.7 Å². The summed E-state index contributed by atoms with van der Waals surface area (Å²) >= 11 is 4.95. The smallest absolute Gasteiger partial charge is 0.301 e. The van der Waals surface area contributed by atoms with E-state index in [1.54, 1.807) is 4.90 Å². The number of aromatic amines is 1. The minimum absolute atomic E-state index is 0.361. The van der Waals surface area contributed by atoms with Crippen molar-refractivity contribution in [3.63, 3.8) is 0 Å². The van der Waals surface area contributed by atoms with E-state index in [1.807, 2.05) is 0 Å². The monoisotopic (exact) mass is 308 g/mol. The van der Waals surface area contributed by atoms with Gasteiger partial charge in [-0.2, -0.15) is 14.0 Å². The average Bonchev–Trinajstić information content (AvgIpc) is 2.88. The molecule has 1 aromatic rings. The van der Waals surface area contributed by atoms with E-state index in [0.29, 0.717) is 13.1 Å². The van der Waals surface area contributed by atoms with Gasteiger partial charge in [-0.05, 0) is 31.0 Å². The Morgan fingerprint density at radius 2 is 1.85 bits per heavy atom. The van der Waals surface area contributed by atoms with Crippen molar-refractivity contribution >= 4 is 11.6 Å². The number of unbranched alkanes of at least 4 members (excludes halogenated alkanes) is 1. The fourth-order valence-corrected chi connectivity index (χ4v) is 2.50. The Balaban J connectivity index is 1.55. The summed E-state index contributed by atoms with van der Waals surface area (Å²) in [6.07, 6.45) is 2.86. The third-order valence-electron chi connectivity index (χ3n) is 3.38. The molecule has 9 heteroatoms. The predicted octanol–water partition coefficient (Wildman–Crippen LogP) is 0.972. The van der Waals surface area contributed by atoms with Crippen LogP contribution in [0.15, 0.2) is 0 Å². The normalized spacial score (nSPS) is 18.6. The lowest BCUT2D eigenvalue weighted by Crippen LogP contribution is -2.49. The number of nitrogens with zero attached hydrogens (tertiary/aromatic N) is 5. The van der Waals surface area contributed by atoms with E-state index < -0.39 is 5.38 Å². The van der Waals surface area contributed by atoms with Gasteiger partial charge >= 0.3 is 5.38 Å². The highest BCUT2D eigenvalue weighted by Gasteiger charge is 2.29. The van der Waals surface area contributed by atoms with E-state index in [1.165, 1.54) is 0 Å². The predicted molar refractivity (Wildman–Crippen MR) is 70.8 cm³/mol. The summed E-state index contributed by atoms with van der Waals surface area (Å²) in [4.78, 5) is 4.00. The molecule has 0 amide bonds. The lowest BCUT2D eigenvalue weighted by Gasteiger charge is -2.35. The highest BCUT2D eigenvalue weighted by atomic mass is 35.5. The molecule has 0 bridgehead atoms. The summed E-state index contributed by atoms with van der Waals surface area (Å²) in [6, 6.07) is 0. The van der Waals surface area contributed by atoms with Gasteiger partial charge in [0.15, 0.2) is 5.82 Å². The molecular formula is C11H19ClF2N6. The first kappa shape index (κ1) is 15.5. The number of alkyl halides is 3. The molecule has 1 N–H and O–H groups in total. The van der Waals surface area contributed by atoms with Gasteiger partial charge in [0.05, 0.1) is 6.54 Å². The molecule has 0 saturated carbocycles. The van der Waals surface area contributed by atoms with E-state index in [-0.39, 0.29) is 6.54 Å². The number of aryl methyl sites for hydroxylation is 1. The van der Waals surface area contributed by atoms with Gasteiger partial charge in [0.1, 0.15) is 0 Å². The lowest BCUT2D eigenvalue weighted by molar-refractivity contribution is 0.0257. The minimum Gasteiger partial charge on any atom is -0.301 e. The average molecular weight is 309 g/mol. The molecule has 20 heavy (non-hydrogen) atoms. The summed E-state index contributed by atoms with van der Waals surface area (Å²) in [5, 5.41) is 10.6. The molecule has 0 aliphatic carbocycles. The van der Waals surface area contributed by atoms with E-state index in [2.05, 4.69) is 25.5 Å². The Bertz CT molecular complexity index is 375. The highest BCUT2D eigenvalue weighted by Crippen LogP contribution is 2.20. The number of H-pyrrole nitrogens is 1. The molecule has 1 aliphatic rings. The SMILES string of the molecule is FC(F)(Cl)CN1CCN(CCCCc2nn[nH]n2)CC1. The van der Waals surface area contributed by atoms with Crippen molar-refractivity contribution in [2.45, 2.75) is 24.6 Å². The van der Waals surface area contributed by atoms with Gasteiger partial charge in [-0.1, -0.05) is 5.21 Å². The first-order valence-electron chi connectivity index (χ1n) is 6.77. The van der Waals surface area contributed by atoms with Crippen molar-refractivity contribution < 1.29 is 8.78 Å². The van der Waals surface area contributed by atoms with E-state index in [9.17, 15) is 8.78 Å².